The molecule has 3 nitrogen and oxygen atoms in total. The molecule has 0 fully saturated rings. The monoisotopic (exact) mass is 319 g/mol. The van der Waals surface area contributed by atoms with Crippen LogP contribution in [0.4, 0.5) is 0 Å². The van der Waals surface area contributed by atoms with Crippen molar-refractivity contribution in [3.63, 3.8) is 0 Å². The molecule has 0 aliphatic carbocycles. The van der Waals surface area contributed by atoms with Crippen molar-refractivity contribution in [3.8, 4) is 0 Å². The number of rotatable bonds is 5. The highest BCUT2D eigenvalue weighted by Crippen LogP contribution is 2.21. The van der Waals surface area contributed by atoms with Gasteiger partial charge in [0.25, 0.3) is 0 Å². The van der Waals surface area contributed by atoms with Crippen molar-refractivity contribution >= 4 is 15.9 Å². The van der Waals surface area contributed by atoms with E-state index >= 15 is 0 Å². The van der Waals surface area contributed by atoms with Crippen LogP contribution in [0.15, 0.2) is 41.3 Å². The van der Waals surface area contributed by atoms with Gasteiger partial charge in [-0.2, -0.15) is 0 Å². The fraction of sp³-hybridized carbons (Fsp3) is 0.333. The lowest BCUT2D eigenvalue weighted by Gasteiger charge is -2.18. The standard InChI is InChI=1S/C15H18BrN3/c1-3-6-18-15(12-7-11(2)8-17-9-12)14-5-4-13(16)10-19-14/h4-5,7-10,15,18H,3,6H2,1-2H3. The number of aromatic nitrogens is 2. The smallest absolute Gasteiger partial charge is 0.0766 e. The van der Waals surface area contributed by atoms with E-state index in [2.05, 4.69) is 51.1 Å². The van der Waals surface area contributed by atoms with Crippen molar-refractivity contribution in [1.29, 1.82) is 0 Å². The van der Waals surface area contributed by atoms with E-state index in [4.69, 9.17) is 0 Å². The quantitative estimate of drug-likeness (QED) is 0.914. The van der Waals surface area contributed by atoms with Gasteiger partial charge >= 0.3 is 0 Å². The summed E-state index contributed by atoms with van der Waals surface area (Å²) >= 11 is 3.42. The lowest BCUT2D eigenvalue weighted by Crippen LogP contribution is -2.24. The molecule has 19 heavy (non-hydrogen) atoms. The minimum atomic E-state index is 0.0976. The Bertz CT molecular complexity index is 525. The Morgan fingerprint density at radius 3 is 2.74 bits per heavy atom. The minimum Gasteiger partial charge on any atom is -0.305 e. The van der Waals surface area contributed by atoms with Crippen LogP contribution >= 0.6 is 15.9 Å². The number of halogens is 1. The molecule has 1 atom stereocenters. The highest BCUT2D eigenvalue weighted by Gasteiger charge is 2.15. The molecule has 4 heteroatoms. The zero-order valence-corrected chi connectivity index (χ0v) is 12.8. The van der Waals surface area contributed by atoms with Gasteiger partial charge in [0.05, 0.1) is 11.7 Å². The van der Waals surface area contributed by atoms with Gasteiger partial charge in [0.15, 0.2) is 0 Å². The summed E-state index contributed by atoms with van der Waals surface area (Å²) in [5.74, 6) is 0. The predicted molar refractivity (Wildman–Crippen MR) is 81.0 cm³/mol. The molecule has 1 unspecified atom stereocenters. The molecule has 2 aromatic heterocycles. The molecule has 0 radical (unpaired) electrons. The summed E-state index contributed by atoms with van der Waals surface area (Å²) in [6.45, 7) is 5.17. The lowest BCUT2D eigenvalue weighted by atomic mass is 10.0. The third-order valence-corrected chi connectivity index (χ3v) is 3.34. The van der Waals surface area contributed by atoms with Gasteiger partial charge in [0.1, 0.15) is 0 Å². The van der Waals surface area contributed by atoms with Crippen molar-refractivity contribution in [2.45, 2.75) is 26.3 Å². The van der Waals surface area contributed by atoms with Crippen LogP contribution in [-0.4, -0.2) is 16.5 Å². The average molecular weight is 320 g/mol. The van der Waals surface area contributed by atoms with Crippen molar-refractivity contribution in [2.24, 2.45) is 0 Å². The molecule has 0 bridgehead atoms. The first-order valence-electron chi connectivity index (χ1n) is 6.47. The first kappa shape index (κ1) is 14.2. The van der Waals surface area contributed by atoms with E-state index in [1.54, 1.807) is 0 Å². The van der Waals surface area contributed by atoms with Crippen molar-refractivity contribution in [3.05, 3.63) is 58.1 Å². The van der Waals surface area contributed by atoms with Gasteiger partial charge in [-0.1, -0.05) is 13.0 Å². The molecule has 0 aliphatic rings. The second kappa shape index (κ2) is 6.78. The van der Waals surface area contributed by atoms with E-state index in [1.165, 1.54) is 0 Å². The van der Waals surface area contributed by atoms with E-state index in [9.17, 15) is 0 Å². The molecule has 0 saturated carbocycles. The molecule has 0 aliphatic heterocycles. The van der Waals surface area contributed by atoms with Crippen LogP contribution in [0.5, 0.6) is 0 Å². The Hall–Kier alpha value is -1.26. The summed E-state index contributed by atoms with van der Waals surface area (Å²) in [6.07, 6.45) is 6.70. The molecule has 2 heterocycles. The van der Waals surface area contributed by atoms with E-state index in [0.29, 0.717) is 0 Å². The summed E-state index contributed by atoms with van der Waals surface area (Å²) in [5, 5.41) is 3.53. The molecular weight excluding hydrogens is 302 g/mol. The fourth-order valence-electron chi connectivity index (χ4n) is 1.98. The summed E-state index contributed by atoms with van der Waals surface area (Å²) in [4.78, 5) is 8.78. The van der Waals surface area contributed by atoms with E-state index in [0.717, 1.165) is 34.3 Å². The molecule has 0 saturated heterocycles. The Labute approximate surface area is 122 Å². The van der Waals surface area contributed by atoms with Gasteiger partial charge in [0.2, 0.25) is 0 Å². The molecule has 1 N–H and O–H groups in total. The van der Waals surface area contributed by atoms with Gasteiger partial charge in [-0.3, -0.25) is 9.97 Å². The normalized spacial score (nSPS) is 12.4. The highest BCUT2D eigenvalue weighted by molar-refractivity contribution is 9.10. The molecule has 2 rings (SSSR count). The van der Waals surface area contributed by atoms with E-state index in [1.807, 2.05) is 30.7 Å². The van der Waals surface area contributed by atoms with Crippen molar-refractivity contribution < 1.29 is 0 Å². The summed E-state index contributed by atoms with van der Waals surface area (Å²) < 4.78 is 0.993. The number of nitrogens with zero attached hydrogens (tertiary/aromatic N) is 2. The predicted octanol–water partition coefficient (Wildman–Crippen LogP) is 3.64. The van der Waals surface area contributed by atoms with Gasteiger partial charge in [-0.05, 0) is 59.1 Å². The van der Waals surface area contributed by atoms with Gasteiger partial charge in [-0.15, -0.1) is 0 Å². The number of hydrogen-bond acceptors (Lipinski definition) is 3. The summed E-state index contributed by atoms with van der Waals surface area (Å²) in [5.41, 5.74) is 3.34. The molecule has 0 amide bonds. The highest BCUT2D eigenvalue weighted by atomic mass is 79.9. The van der Waals surface area contributed by atoms with Crippen LogP contribution in [-0.2, 0) is 0 Å². The Balaban J connectivity index is 2.32. The second-order valence-electron chi connectivity index (χ2n) is 4.58. The fourth-order valence-corrected chi connectivity index (χ4v) is 2.21. The molecule has 100 valence electrons. The van der Waals surface area contributed by atoms with E-state index < -0.39 is 0 Å². The minimum absolute atomic E-state index is 0.0976. The third kappa shape index (κ3) is 3.85. The average Bonchev–Trinajstić information content (AvgIpc) is 2.41. The maximum atomic E-state index is 4.50. The number of pyridine rings is 2. The van der Waals surface area contributed by atoms with Crippen LogP contribution in [0, 0.1) is 6.92 Å². The van der Waals surface area contributed by atoms with Gasteiger partial charge in [0, 0.05) is 23.1 Å². The number of aryl methyl sites for hydroxylation is 1. The van der Waals surface area contributed by atoms with Crippen LogP contribution in [0.1, 0.15) is 36.2 Å². The Morgan fingerprint density at radius 1 is 1.26 bits per heavy atom. The number of hydrogen-bond donors (Lipinski definition) is 1. The van der Waals surface area contributed by atoms with Gasteiger partial charge < -0.3 is 5.32 Å². The summed E-state index contributed by atoms with van der Waals surface area (Å²) in [6, 6.07) is 6.32. The lowest BCUT2D eigenvalue weighted by molar-refractivity contribution is 0.584. The third-order valence-electron chi connectivity index (χ3n) is 2.87. The molecule has 0 aromatic carbocycles. The van der Waals surface area contributed by atoms with Crippen LogP contribution in [0.2, 0.25) is 0 Å². The van der Waals surface area contributed by atoms with Crippen LogP contribution in [0.25, 0.3) is 0 Å². The molecule has 0 spiro atoms. The zero-order valence-electron chi connectivity index (χ0n) is 11.2. The summed E-state index contributed by atoms with van der Waals surface area (Å²) in [7, 11) is 0. The first-order chi connectivity index (χ1) is 9.20. The van der Waals surface area contributed by atoms with Crippen molar-refractivity contribution in [2.75, 3.05) is 6.54 Å². The molecule has 2 aromatic rings. The Kier molecular flexibility index (Phi) is 5.05. The number of nitrogens with one attached hydrogen (secondary N) is 1. The maximum absolute atomic E-state index is 4.50. The Morgan fingerprint density at radius 2 is 2.11 bits per heavy atom. The molecular formula is C15H18BrN3. The topological polar surface area (TPSA) is 37.8 Å². The van der Waals surface area contributed by atoms with Crippen molar-refractivity contribution in [1.82, 2.24) is 15.3 Å². The van der Waals surface area contributed by atoms with E-state index in [-0.39, 0.29) is 6.04 Å². The SMILES string of the molecule is CCCNC(c1cncc(C)c1)c1ccc(Br)cn1. The maximum Gasteiger partial charge on any atom is 0.0766 e. The zero-order chi connectivity index (χ0) is 13.7. The largest absolute Gasteiger partial charge is 0.305 e. The van der Waals surface area contributed by atoms with Crippen LogP contribution < -0.4 is 5.32 Å². The first-order valence-corrected chi connectivity index (χ1v) is 7.26. The van der Waals surface area contributed by atoms with Crippen LogP contribution in [0.3, 0.4) is 0 Å². The van der Waals surface area contributed by atoms with Gasteiger partial charge in [-0.25, -0.2) is 0 Å². The second-order valence-corrected chi connectivity index (χ2v) is 5.50.